The van der Waals surface area contributed by atoms with Gasteiger partial charge in [-0.1, -0.05) is 13.8 Å². The minimum Gasteiger partial charge on any atom is -0.310 e. The SMILES string of the molecule is CCC1(CC)CN(Cc2sccc2Br)C(C)CCN1. The van der Waals surface area contributed by atoms with E-state index in [2.05, 4.69) is 58.4 Å². The fourth-order valence-electron chi connectivity index (χ4n) is 2.89. The van der Waals surface area contributed by atoms with E-state index >= 15 is 0 Å². The molecule has 2 heterocycles. The Balaban J connectivity index is 2.14. The minimum atomic E-state index is 0.300. The molecule has 4 heteroatoms. The predicted octanol–water partition coefficient (Wildman–Crippen LogP) is 4.25. The van der Waals surface area contributed by atoms with Crippen LogP contribution in [0.5, 0.6) is 0 Å². The van der Waals surface area contributed by atoms with Gasteiger partial charge in [0, 0.05) is 34.0 Å². The van der Waals surface area contributed by atoms with Gasteiger partial charge in [-0.05, 0) is 60.1 Å². The standard InChI is InChI=1S/C15H25BrN2S/c1-4-15(5-2)11-18(12(3)6-8-17-15)10-14-13(16)7-9-19-14/h7,9,12,17H,4-6,8,10-11H2,1-3H3. The summed E-state index contributed by atoms with van der Waals surface area (Å²) < 4.78 is 1.26. The fraction of sp³-hybridized carbons (Fsp3) is 0.733. The lowest BCUT2D eigenvalue weighted by atomic mass is 9.92. The molecule has 1 saturated heterocycles. The summed E-state index contributed by atoms with van der Waals surface area (Å²) in [5.41, 5.74) is 0.300. The van der Waals surface area contributed by atoms with Gasteiger partial charge in [-0.2, -0.15) is 0 Å². The fourth-order valence-corrected chi connectivity index (χ4v) is 4.39. The molecule has 108 valence electrons. The van der Waals surface area contributed by atoms with Crippen LogP contribution in [0.3, 0.4) is 0 Å². The molecule has 19 heavy (non-hydrogen) atoms. The highest BCUT2D eigenvalue weighted by Crippen LogP contribution is 2.28. The third-order valence-corrected chi connectivity index (χ3v) is 6.49. The first-order valence-electron chi connectivity index (χ1n) is 7.31. The van der Waals surface area contributed by atoms with Crippen molar-refractivity contribution in [3.63, 3.8) is 0 Å². The number of halogens is 1. The van der Waals surface area contributed by atoms with Gasteiger partial charge < -0.3 is 5.32 Å². The van der Waals surface area contributed by atoms with E-state index in [1.54, 1.807) is 0 Å². The molecule has 0 saturated carbocycles. The van der Waals surface area contributed by atoms with Crippen molar-refractivity contribution >= 4 is 27.3 Å². The average molecular weight is 345 g/mol. The summed E-state index contributed by atoms with van der Waals surface area (Å²) in [4.78, 5) is 4.11. The van der Waals surface area contributed by atoms with Gasteiger partial charge in [0.1, 0.15) is 0 Å². The van der Waals surface area contributed by atoms with Gasteiger partial charge in [0.25, 0.3) is 0 Å². The summed E-state index contributed by atoms with van der Waals surface area (Å²) in [6, 6.07) is 2.81. The summed E-state index contributed by atoms with van der Waals surface area (Å²) in [5.74, 6) is 0. The maximum Gasteiger partial charge on any atom is 0.0342 e. The Morgan fingerprint density at radius 3 is 2.79 bits per heavy atom. The molecule has 1 aromatic rings. The normalized spacial score (nSPS) is 24.3. The van der Waals surface area contributed by atoms with Crippen LogP contribution in [0.15, 0.2) is 15.9 Å². The maximum absolute atomic E-state index is 3.80. The van der Waals surface area contributed by atoms with Crippen molar-refractivity contribution in [3.05, 3.63) is 20.8 Å². The van der Waals surface area contributed by atoms with Gasteiger partial charge in [0.2, 0.25) is 0 Å². The largest absolute Gasteiger partial charge is 0.310 e. The minimum absolute atomic E-state index is 0.300. The molecule has 1 aromatic heterocycles. The number of nitrogens with one attached hydrogen (secondary N) is 1. The zero-order valence-electron chi connectivity index (χ0n) is 12.2. The highest BCUT2D eigenvalue weighted by molar-refractivity contribution is 9.10. The Morgan fingerprint density at radius 1 is 1.47 bits per heavy atom. The number of hydrogen-bond donors (Lipinski definition) is 1. The zero-order chi connectivity index (χ0) is 13.9. The quantitative estimate of drug-likeness (QED) is 0.877. The lowest BCUT2D eigenvalue weighted by molar-refractivity contribution is 0.153. The lowest BCUT2D eigenvalue weighted by Gasteiger charge is -2.37. The van der Waals surface area contributed by atoms with Crippen LogP contribution in [0.4, 0.5) is 0 Å². The van der Waals surface area contributed by atoms with Crippen molar-refractivity contribution in [1.29, 1.82) is 0 Å². The Bertz CT molecular complexity index is 401. The van der Waals surface area contributed by atoms with Crippen LogP contribution in [-0.4, -0.2) is 29.6 Å². The topological polar surface area (TPSA) is 15.3 Å². The summed E-state index contributed by atoms with van der Waals surface area (Å²) in [5, 5.41) is 5.97. The van der Waals surface area contributed by atoms with E-state index in [4.69, 9.17) is 0 Å². The second kappa shape index (κ2) is 6.70. The van der Waals surface area contributed by atoms with Crippen LogP contribution in [-0.2, 0) is 6.54 Å². The summed E-state index contributed by atoms with van der Waals surface area (Å²) in [6.45, 7) is 10.4. The highest BCUT2D eigenvalue weighted by atomic mass is 79.9. The monoisotopic (exact) mass is 344 g/mol. The van der Waals surface area contributed by atoms with Crippen molar-refractivity contribution in [1.82, 2.24) is 10.2 Å². The van der Waals surface area contributed by atoms with E-state index in [0.29, 0.717) is 11.6 Å². The van der Waals surface area contributed by atoms with E-state index in [1.165, 1.54) is 28.6 Å². The molecule has 0 bridgehead atoms. The van der Waals surface area contributed by atoms with Gasteiger partial charge in [-0.3, -0.25) is 4.90 Å². The molecule has 1 aliphatic rings. The van der Waals surface area contributed by atoms with E-state index in [1.807, 2.05) is 11.3 Å². The first-order chi connectivity index (χ1) is 9.10. The third kappa shape index (κ3) is 3.60. The van der Waals surface area contributed by atoms with E-state index < -0.39 is 0 Å². The molecule has 1 unspecified atom stereocenters. The molecule has 1 N–H and O–H groups in total. The average Bonchev–Trinajstić information content (AvgIpc) is 2.73. The van der Waals surface area contributed by atoms with E-state index in [0.717, 1.165) is 19.6 Å². The number of thiophene rings is 1. The van der Waals surface area contributed by atoms with Crippen LogP contribution in [0, 0.1) is 0 Å². The molecule has 0 aromatic carbocycles. The molecule has 2 rings (SSSR count). The molecule has 1 fully saturated rings. The Kier molecular flexibility index (Phi) is 5.46. The molecular weight excluding hydrogens is 320 g/mol. The maximum atomic E-state index is 3.80. The number of hydrogen-bond acceptors (Lipinski definition) is 3. The molecular formula is C15H25BrN2S. The number of rotatable bonds is 4. The van der Waals surface area contributed by atoms with Crippen LogP contribution in [0.1, 0.15) is 44.9 Å². The third-order valence-electron chi connectivity index (χ3n) is 4.58. The van der Waals surface area contributed by atoms with Crippen molar-refractivity contribution in [2.24, 2.45) is 0 Å². The summed E-state index contributed by atoms with van der Waals surface area (Å²) >= 11 is 5.52. The first-order valence-corrected chi connectivity index (χ1v) is 8.98. The zero-order valence-corrected chi connectivity index (χ0v) is 14.6. The molecule has 0 radical (unpaired) electrons. The van der Waals surface area contributed by atoms with Crippen LogP contribution >= 0.6 is 27.3 Å². The van der Waals surface area contributed by atoms with Crippen LogP contribution in [0.2, 0.25) is 0 Å². The van der Waals surface area contributed by atoms with E-state index in [9.17, 15) is 0 Å². The molecule has 2 nitrogen and oxygen atoms in total. The van der Waals surface area contributed by atoms with Crippen molar-refractivity contribution < 1.29 is 0 Å². The van der Waals surface area contributed by atoms with Crippen molar-refractivity contribution in [3.8, 4) is 0 Å². The van der Waals surface area contributed by atoms with Crippen LogP contribution in [0.25, 0.3) is 0 Å². The van der Waals surface area contributed by atoms with Gasteiger partial charge >= 0.3 is 0 Å². The van der Waals surface area contributed by atoms with E-state index in [-0.39, 0.29) is 0 Å². The second-order valence-corrected chi connectivity index (χ2v) is 7.50. The molecule has 0 spiro atoms. The van der Waals surface area contributed by atoms with Gasteiger partial charge in [0.15, 0.2) is 0 Å². The Morgan fingerprint density at radius 2 is 2.21 bits per heavy atom. The molecule has 0 aliphatic carbocycles. The van der Waals surface area contributed by atoms with Crippen molar-refractivity contribution in [2.45, 2.75) is 58.2 Å². The molecule has 0 amide bonds. The first kappa shape index (κ1) is 15.5. The van der Waals surface area contributed by atoms with Gasteiger partial charge in [-0.25, -0.2) is 0 Å². The smallest absolute Gasteiger partial charge is 0.0342 e. The second-order valence-electron chi connectivity index (χ2n) is 5.65. The Labute approximate surface area is 129 Å². The van der Waals surface area contributed by atoms with Crippen molar-refractivity contribution in [2.75, 3.05) is 13.1 Å². The summed E-state index contributed by atoms with van der Waals surface area (Å²) in [7, 11) is 0. The molecule has 1 aliphatic heterocycles. The lowest BCUT2D eigenvalue weighted by Crippen LogP contribution is -2.51. The van der Waals surface area contributed by atoms with Gasteiger partial charge in [0.05, 0.1) is 0 Å². The Hall–Kier alpha value is 0.1000. The summed E-state index contributed by atoms with van der Waals surface area (Å²) in [6.07, 6.45) is 3.65. The highest BCUT2D eigenvalue weighted by Gasteiger charge is 2.33. The molecule has 1 atom stereocenters. The predicted molar refractivity (Wildman–Crippen MR) is 87.8 cm³/mol. The van der Waals surface area contributed by atoms with Crippen LogP contribution < -0.4 is 5.32 Å². The van der Waals surface area contributed by atoms with Gasteiger partial charge in [-0.15, -0.1) is 11.3 Å². The number of nitrogens with zero attached hydrogens (tertiary/aromatic N) is 1.